The summed E-state index contributed by atoms with van der Waals surface area (Å²) in [5, 5.41) is 0. The molecule has 0 spiro atoms. The van der Waals surface area contributed by atoms with E-state index in [1.165, 1.54) is 5.56 Å². The van der Waals surface area contributed by atoms with Gasteiger partial charge in [0.25, 0.3) is 11.8 Å². The van der Waals surface area contributed by atoms with Crippen molar-refractivity contribution in [3.05, 3.63) is 107 Å². The van der Waals surface area contributed by atoms with Crippen LogP contribution in [-0.4, -0.2) is 28.7 Å². The SMILES string of the molecule is CC(C)(C)c1ccc(COC(=O)C(Cc2ccccc2)N2C(=O)c3ccccc3C2=O)cc1. The third-order valence-electron chi connectivity index (χ3n) is 5.88. The fourth-order valence-corrected chi connectivity index (χ4v) is 3.96. The zero-order chi connectivity index (χ0) is 23.6. The zero-order valence-corrected chi connectivity index (χ0v) is 19.1. The van der Waals surface area contributed by atoms with E-state index in [0.717, 1.165) is 16.0 Å². The first-order chi connectivity index (χ1) is 15.8. The van der Waals surface area contributed by atoms with Crippen LogP contribution in [0.15, 0.2) is 78.9 Å². The minimum absolute atomic E-state index is 0.0292. The second kappa shape index (κ2) is 9.02. The Kier molecular flexibility index (Phi) is 6.14. The Hall–Kier alpha value is -3.73. The van der Waals surface area contributed by atoms with Crippen LogP contribution in [0.4, 0.5) is 0 Å². The summed E-state index contributed by atoms with van der Waals surface area (Å²) in [6, 6.07) is 22.8. The molecule has 0 aliphatic carbocycles. The molecule has 1 atom stereocenters. The van der Waals surface area contributed by atoms with Gasteiger partial charge in [-0.05, 0) is 34.2 Å². The number of esters is 1. The molecule has 3 aromatic carbocycles. The lowest BCUT2D eigenvalue weighted by molar-refractivity contribution is -0.149. The van der Waals surface area contributed by atoms with Gasteiger partial charge < -0.3 is 4.74 Å². The van der Waals surface area contributed by atoms with E-state index in [-0.39, 0.29) is 18.4 Å². The third-order valence-corrected chi connectivity index (χ3v) is 5.88. The van der Waals surface area contributed by atoms with Crippen molar-refractivity contribution >= 4 is 17.8 Å². The van der Waals surface area contributed by atoms with E-state index in [4.69, 9.17) is 4.74 Å². The summed E-state index contributed by atoms with van der Waals surface area (Å²) in [6.45, 7) is 6.48. The second-order valence-electron chi connectivity index (χ2n) is 9.29. The van der Waals surface area contributed by atoms with E-state index < -0.39 is 23.8 Å². The second-order valence-corrected chi connectivity index (χ2v) is 9.29. The molecule has 5 nitrogen and oxygen atoms in total. The van der Waals surface area contributed by atoms with Crippen LogP contribution in [0.5, 0.6) is 0 Å². The molecule has 0 fully saturated rings. The molecule has 5 heteroatoms. The summed E-state index contributed by atoms with van der Waals surface area (Å²) >= 11 is 0. The van der Waals surface area contributed by atoms with Gasteiger partial charge in [-0.2, -0.15) is 0 Å². The van der Waals surface area contributed by atoms with Gasteiger partial charge in [0.2, 0.25) is 0 Å². The maximum Gasteiger partial charge on any atom is 0.330 e. The molecule has 0 aromatic heterocycles. The number of benzene rings is 3. The van der Waals surface area contributed by atoms with Crippen molar-refractivity contribution in [2.45, 2.75) is 45.3 Å². The molecule has 0 saturated carbocycles. The summed E-state index contributed by atoms with van der Waals surface area (Å²) in [5.74, 6) is -1.54. The van der Waals surface area contributed by atoms with Crippen molar-refractivity contribution in [3.8, 4) is 0 Å². The number of nitrogens with zero attached hydrogens (tertiary/aromatic N) is 1. The minimum Gasteiger partial charge on any atom is -0.459 e. The Morgan fingerprint density at radius 2 is 1.33 bits per heavy atom. The lowest BCUT2D eigenvalue weighted by Gasteiger charge is -2.25. The van der Waals surface area contributed by atoms with Gasteiger partial charge in [-0.25, -0.2) is 4.79 Å². The van der Waals surface area contributed by atoms with Gasteiger partial charge in [-0.15, -0.1) is 0 Å². The molecular formula is C28H27NO4. The molecule has 33 heavy (non-hydrogen) atoms. The van der Waals surface area contributed by atoms with Gasteiger partial charge in [0.1, 0.15) is 12.6 Å². The molecule has 1 unspecified atom stereocenters. The predicted octanol–water partition coefficient (Wildman–Crippen LogP) is 4.93. The number of rotatable bonds is 6. The van der Waals surface area contributed by atoms with Gasteiger partial charge in [0.05, 0.1) is 11.1 Å². The van der Waals surface area contributed by atoms with Crippen LogP contribution in [0.25, 0.3) is 0 Å². The first-order valence-electron chi connectivity index (χ1n) is 11.0. The van der Waals surface area contributed by atoms with Crippen molar-refractivity contribution < 1.29 is 19.1 Å². The van der Waals surface area contributed by atoms with Crippen LogP contribution in [0, 0.1) is 0 Å². The number of amides is 2. The largest absolute Gasteiger partial charge is 0.459 e. The molecule has 0 N–H and O–H groups in total. The number of hydrogen-bond acceptors (Lipinski definition) is 4. The lowest BCUT2D eigenvalue weighted by Crippen LogP contribution is -2.47. The van der Waals surface area contributed by atoms with Crippen LogP contribution in [0.2, 0.25) is 0 Å². The Labute approximate surface area is 194 Å². The van der Waals surface area contributed by atoms with Crippen molar-refractivity contribution in [3.63, 3.8) is 0 Å². The molecule has 3 aromatic rings. The predicted molar refractivity (Wildman–Crippen MR) is 126 cm³/mol. The van der Waals surface area contributed by atoms with Gasteiger partial charge in [0, 0.05) is 6.42 Å². The Morgan fingerprint density at radius 1 is 0.788 bits per heavy atom. The fourth-order valence-electron chi connectivity index (χ4n) is 3.96. The Bertz CT molecular complexity index is 1140. The average Bonchev–Trinajstić information content (AvgIpc) is 3.06. The molecule has 0 radical (unpaired) electrons. The van der Waals surface area contributed by atoms with Crippen LogP contribution < -0.4 is 0 Å². The highest BCUT2D eigenvalue weighted by Crippen LogP contribution is 2.27. The number of carbonyl (C=O) groups is 3. The zero-order valence-electron chi connectivity index (χ0n) is 19.1. The highest BCUT2D eigenvalue weighted by Gasteiger charge is 2.43. The normalized spacial score (nSPS) is 14.2. The number of ether oxygens (including phenoxy) is 1. The number of imide groups is 1. The highest BCUT2D eigenvalue weighted by molar-refractivity contribution is 6.22. The molecule has 4 rings (SSSR count). The maximum absolute atomic E-state index is 13.2. The van der Waals surface area contributed by atoms with Crippen molar-refractivity contribution in [2.24, 2.45) is 0 Å². The van der Waals surface area contributed by atoms with Crippen molar-refractivity contribution in [2.75, 3.05) is 0 Å². The maximum atomic E-state index is 13.2. The molecule has 2 amide bonds. The van der Waals surface area contributed by atoms with E-state index >= 15 is 0 Å². The summed E-state index contributed by atoms with van der Waals surface area (Å²) in [4.78, 5) is 40.3. The Morgan fingerprint density at radius 3 is 1.88 bits per heavy atom. The monoisotopic (exact) mass is 441 g/mol. The van der Waals surface area contributed by atoms with Crippen LogP contribution in [-0.2, 0) is 28.0 Å². The highest BCUT2D eigenvalue weighted by atomic mass is 16.5. The Balaban J connectivity index is 1.56. The fraction of sp³-hybridized carbons (Fsp3) is 0.250. The van der Waals surface area contributed by atoms with Crippen LogP contribution >= 0.6 is 0 Å². The molecule has 168 valence electrons. The summed E-state index contributed by atoms with van der Waals surface area (Å²) in [5.41, 5.74) is 3.52. The van der Waals surface area contributed by atoms with E-state index in [1.807, 2.05) is 54.6 Å². The molecule has 1 aliphatic heterocycles. The number of carbonyl (C=O) groups excluding carboxylic acids is 3. The summed E-state index contributed by atoms with van der Waals surface area (Å²) in [6.07, 6.45) is 0.189. The lowest BCUT2D eigenvalue weighted by atomic mass is 9.87. The van der Waals surface area contributed by atoms with Gasteiger partial charge in [-0.3, -0.25) is 14.5 Å². The quantitative estimate of drug-likeness (QED) is 0.402. The van der Waals surface area contributed by atoms with Gasteiger partial charge >= 0.3 is 5.97 Å². The number of fused-ring (bicyclic) bond motifs is 1. The van der Waals surface area contributed by atoms with Crippen LogP contribution in [0.3, 0.4) is 0 Å². The van der Waals surface area contributed by atoms with E-state index in [0.29, 0.717) is 11.1 Å². The molecular weight excluding hydrogens is 414 g/mol. The van der Waals surface area contributed by atoms with Gasteiger partial charge in [-0.1, -0.05) is 87.5 Å². The van der Waals surface area contributed by atoms with Crippen LogP contribution in [0.1, 0.15) is 58.2 Å². The first-order valence-corrected chi connectivity index (χ1v) is 11.0. The minimum atomic E-state index is -1.05. The molecule has 0 bridgehead atoms. The average molecular weight is 442 g/mol. The smallest absolute Gasteiger partial charge is 0.330 e. The van der Waals surface area contributed by atoms with Crippen molar-refractivity contribution in [1.29, 1.82) is 0 Å². The van der Waals surface area contributed by atoms with E-state index in [2.05, 4.69) is 20.8 Å². The topological polar surface area (TPSA) is 63.7 Å². The van der Waals surface area contributed by atoms with Gasteiger partial charge in [0.15, 0.2) is 0 Å². The third kappa shape index (κ3) is 4.72. The standard InChI is InChI=1S/C28H27NO4/c1-28(2,3)21-15-13-20(14-16-21)18-33-27(32)24(17-19-9-5-4-6-10-19)29-25(30)22-11-7-8-12-23(22)26(29)31/h4-16,24H,17-18H2,1-3H3. The first kappa shape index (κ1) is 22.5. The number of hydrogen-bond donors (Lipinski definition) is 0. The molecule has 1 aliphatic rings. The van der Waals surface area contributed by atoms with E-state index in [9.17, 15) is 14.4 Å². The molecule has 1 heterocycles. The molecule has 0 saturated heterocycles. The summed E-state index contributed by atoms with van der Waals surface area (Å²) < 4.78 is 5.61. The van der Waals surface area contributed by atoms with E-state index in [1.54, 1.807) is 24.3 Å². The summed E-state index contributed by atoms with van der Waals surface area (Å²) in [7, 11) is 0. The van der Waals surface area contributed by atoms with Crippen molar-refractivity contribution in [1.82, 2.24) is 4.90 Å².